The van der Waals surface area contributed by atoms with Gasteiger partial charge in [-0.05, 0) is 29.5 Å². The first kappa shape index (κ1) is 17.0. The van der Waals surface area contributed by atoms with Gasteiger partial charge in [0, 0.05) is 23.6 Å². The molecule has 2 rings (SSSR count). The van der Waals surface area contributed by atoms with Crippen LogP contribution in [0.1, 0.15) is 30.6 Å². The SMILES string of the molecule is COc1cc(NC(=O)c2ccsc2)ccc1NC(=O)CC(C)C. The summed E-state index contributed by atoms with van der Waals surface area (Å²) < 4.78 is 5.30. The van der Waals surface area contributed by atoms with Crippen molar-refractivity contribution in [2.75, 3.05) is 17.7 Å². The van der Waals surface area contributed by atoms with Gasteiger partial charge in [-0.3, -0.25) is 9.59 Å². The van der Waals surface area contributed by atoms with Crippen LogP contribution in [0.25, 0.3) is 0 Å². The molecule has 1 heterocycles. The van der Waals surface area contributed by atoms with Crippen molar-refractivity contribution >= 4 is 34.5 Å². The number of hydrogen-bond donors (Lipinski definition) is 2. The number of ether oxygens (including phenoxy) is 1. The van der Waals surface area contributed by atoms with E-state index in [9.17, 15) is 9.59 Å². The highest BCUT2D eigenvalue weighted by molar-refractivity contribution is 7.08. The lowest BCUT2D eigenvalue weighted by Gasteiger charge is -2.13. The molecule has 6 heteroatoms. The zero-order valence-electron chi connectivity index (χ0n) is 13.4. The maximum Gasteiger partial charge on any atom is 0.256 e. The third-order valence-corrected chi connectivity index (χ3v) is 3.79. The second-order valence-electron chi connectivity index (χ2n) is 5.53. The van der Waals surface area contributed by atoms with Gasteiger partial charge >= 0.3 is 0 Å². The van der Waals surface area contributed by atoms with E-state index in [0.717, 1.165) is 0 Å². The molecule has 0 aliphatic heterocycles. The summed E-state index contributed by atoms with van der Waals surface area (Å²) >= 11 is 1.47. The molecule has 0 aliphatic rings. The zero-order valence-corrected chi connectivity index (χ0v) is 14.2. The molecule has 0 saturated heterocycles. The van der Waals surface area contributed by atoms with Gasteiger partial charge in [-0.25, -0.2) is 0 Å². The highest BCUT2D eigenvalue weighted by Gasteiger charge is 2.12. The highest BCUT2D eigenvalue weighted by Crippen LogP contribution is 2.28. The van der Waals surface area contributed by atoms with Gasteiger partial charge in [-0.2, -0.15) is 11.3 Å². The van der Waals surface area contributed by atoms with Gasteiger partial charge < -0.3 is 15.4 Å². The third kappa shape index (κ3) is 4.82. The second kappa shape index (κ2) is 7.78. The molecular formula is C17H20N2O3S. The minimum atomic E-state index is -0.176. The van der Waals surface area contributed by atoms with E-state index in [1.807, 2.05) is 19.2 Å². The Morgan fingerprint density at radius 3 is 2.61 bits per heavy atom. The number of rotatable bonds is 6. The first-order chi connectivity index (χ1) is 11.0. The fourth-order valence-electron chi connectivity index (χ4n) is 2.04. The predicted octanol–water partition coefficient (Wildman–Crippen LogP) is 3.99. The van der Waals surface area contributed by atoms with Gasteiger partial charge in [0.15, 0.2) is 0 Å². The van der Waals surface area contributed by atoms with Crippen molar-refractivity contribution in [1.82, 2.24) is 0 Å². The molecule has 0 atom stereocenters. The van der Waals surface area contributed by atoms with Gasteiger partial charge in [0.2, 0.25) is 5.91 Å². The van der Waals surface area contributed by atoms with Crippen molar-refractivity contribution in [3.63, 3.8) is 0 Å². The number of amides is 2. The molecule has 2 amide bonds. The van der Waals surface area contributed by atoms with Crippen LogP contribution in [0.15, 0.2) is 35.0 Å². The summed E-state index contributed by atoms with van der Waals surface area (Å²) in [6.07, 6.45) is 0.444. The van der Waals surface area contributed by atoms with Gasteiger partial charge in [0.1, 0.15) is 5.75 Å². The van der Waals surface area contributed by atoms with Crippen molar-refractivity contribution in [1.29, 1.82) is 0 Å². The van der Waals surface area contributed by atoms with Crippen molar-refractivity contribution in [3.8, 4) is 5.75 Å². The van der Waals surface area contributed by atoms with Crippen LogP contribution in [-0.2, 0) is 4.79 Å². The fraction of sp³-hybridized carbons (Fsp3) is 0.294. The first-order valence-electron chi connectivity index (χ1n) is 7.31. The van der Waals surface area contributed by atoms with Crippen LogP contribution in [0, 0.1) is 5.92 Å². The lowest BCUT2D eigenvalue weighted by Crippen LogP contribution is -2.15. The van der Waals surface area contributed by atoms with Crippen LogP contribution >= 0.6 is 11.3 Å². The van der Waals surface area contributed by atoms with E-state index in [1.165, 1.54) is 18.4 Å². The van der Waals surface area contributed by atoms with Crippen LogP contribution in [-0.4, -0.2) is 18.9 Å². The van der Waals surface area contributed by atoms with E-state index in [-0.39, 0.29) is 17.7 Å². The first-order valence-corrected chi connectivity index (χ1v) is 8.25. The summed E-state index contributed by atoms with van der Waals surface area (Å²) in [6.45, 7) is 3.97. The van der Waals surface area contributed by atoms with Crippen LogP contribution in [0.5, 0.6) is 5.75 Å². The van der Waals surface area contributed by atoms with Crippen molar-refractivity contribution < 1.29 is 14.3 Å². The smallest absolute Gasteiger partial charge is 0.256 e. The van der Waals surface area contributed by atoms with Gasteiger partial charge in [0.05, 0.1) is 18.4 Å². The minimum absolute atomic E-state index is 0.0617. The molecule has 0 spiro atoms. The van der Waals surface area contributed by atoms with Gasteiger partial charge in [0.25, 0.3) is 5.91 Å². The number of thiophene rings is 1. The van der Waals surface area contributed by atoms with Gasteiger partial charge in [-0.15, -0.1) is 0 Å². The molecule has 5 nitrogen and oxygen atoms in total. The topological polar surface area (TPSA) is 67.4 Å². The van der Waals surface area contributed by atoms with Gasteiger partial charge in [-0.1, -0.05) is 13.8 Å². The summed E-state index contributed by atoms with van der Waals surface area (Å²) in [5.41, 5.74) is 1.81. The Balaban J connectivity index is 2.10. The van der Waals surface area contributed by atoms with Crippen molar-refractivity contribution in [3.05, 3.63) is 40.6 Å². The number of benzene rings is 1. The molecule has 0 radical (unpaired) electrons. The van der Waals surface area contributed by atoms with Crippen molar-refractivity contribution in [2.24, 2.45) is 5.92 Å². The van der Waals surface area contributed by atoms with E-state index in [0.29, 0.717) is 29.1 Å². The van der Waals surface area contributed by atoms with Crippen molar-refractivity contribution in [2.45, 2.75) is 20.3 Å². The number of anilines is 2. The summed E-state index contributed by atoms with van der Waals surface area (Å²) in [7, 11) is 1.53. The van der Waals surface area contributed by atoms with Crippen LogP contribution in [0.2, 0.25) is 0 Å². The molecule has 0 bridgehead atoms. The quantitative estimate of drug-likeness (QED) is 0.840. The number of nitrogens with one attached hydrogen (secondary N) is 2. The molecular weight excluding hydrogens is 312 g/mol. The third-order valence-electron chi connectivity index (χ3n) is 3.11. The molecule has 2 N–H and O–H groups in total. The maximum absolute atomic E-state index is 12.0. The van der Waals surface area contributed by atoms with Crippen LogP contribution in [0.4, 0.5) is 11.4 Å². The summed E-state index contributed by atoms with van der Waals surface area (Å²) in [6, 6.07) is 6.91. The normalized spacial score (nSPS) is 10.4. The fourth-order valence-corrected chi connectivity index (χ4v) is 2.68. The Morgan fingerprint density at radius 1 is 1.22 bits per heavy atom. The lowest BCUT2D eigenvalue weighted by molar-refractivity contribution is -0.116. The van der Waals surface area contributed by atoms with Crippen LogP contribution < -0.4 is 15.4 Å². The summed E-state index contributed by atoms with van der Waals surface area (Å²) in [5, 5.41) is 9.27. The molecule has 1 aromatic carbocycles. The molecule has 122 valence electrons. The summed E-state index contributed by atoms with van der Waals surface area (Å²) in [5.74, 6) is 0.550. The number of hydrogen-bond acceptors (Lipinski definition) is 4. The van der Waals surface area contributed by atoms with E-state index in [1.54, 1.807) is 29.6 Å². The number of carbonyl (C=O) groups excluding carboxylic acids is 2. The monoisotopic (exact) mass is 332 g/mol. The lowest BCUT2D eigenvalue weighted by atomic mass is 10.1. The molecule has 0 unspecified atom stereocenters. The Labute approximate surface area is 139 Å². The highest BCUT2D eigenvalue weighted by atomic mass is 32.1. The minimum Gasteiger partial charge on any atom is -0.494 e. The molecule has 0 saturated carbocycles. The molecule has 0 fully saturated rings. The molecule has 23 heavy (non-hydrogen) atoms. The van der Waals surface area contributed by atoms with Crippen LogP contribution in [0.3, 0.4) is 0 Å². The van der Waals surface area contributed by atoms with E-state index in [2.05, 4.69) is 10.6 Å². The Kier molecular flexibility index (Phi) is 5.76. The van der Waals surface area contributed by atoms with E-state index >= 15 is 0 Å². The standard InChI is InChI=1S/C17H20N2O3S/c1-11(2)8-16(20)19-14-5-4-13(9-15(14)22-3)18-17(21)12-6-7-23-10-12/h4-7,9-11H,8H2,1-3H3,(H,18,21)(H,19,20). The molecule has 2 aromatic rings. The zero-order chi connectivity index (χ0) is 16.8. The molecule has 1 aromatic heterocycles. The Bertz CT molecular complexity index is 681. The predicted molar refractivity (Wildman–Crippen MR) is 93.4 cm³/mol. The number of carbonyl (C=O) groups is 2. The van der Waals surface area contributed by atoms with E-state index in [4.69, 9.17) is 4.74 Å². The second-order valence-corrected chi connectivity index (χ2v) is 6.31. The average Bonchev–Trinajstić information content (AvgIpc) is 3.02. The maximum atomic E-state index is 12.0. The average molecular weight is 332 g/mol. The Hall–Kier alpha value is -2.34. The molecule has 0 aliphatic carbocycles. The summed E-state index contributed by atoms with van der Waals surface area (Å²) in [4.78, 5) is 23.9. The number of methoxy groups -OCH3 is 1. The van der Waals surface area contributed by atoms with E-state index < -0.39 is 0 Å². The Morgan fingerprint density at radius 2 is 2.00 bits per heavy atom. The largest absolute Gasteiger partial charge is 0.494 e.